The van der Waals surface area contributed by atoms with Crippen LogP contribution in [0.15, 0.2) is 20.9 Å². The normalized spacial score (nSPS) is 23.8. The highest BCUT2D eigenvalue weighted by Gasteiger charge is 2.37. The van der Waals surface area contributed by atoms with E-state index in [-0.39, 0.29) is 17.7 Å². The summed E-state index contributed by atoms with van der Waals surface area (Å²) in [6.07, 6.45) is 6.48. The minimum atomic E-state index is -1.16. The van der Waals surface area contributed by atoms with Crippen molar-refractivity contribution in [3.8, 4) is 6.07 Å². The second kappa shape index (κ2) is 9.18. The molecule has 4 rings (SSSR count). The summed E-state index contributed by atoms with van der Waals surface area (Å²) in [6.45, 7) is 4.02. The molecule has 1 aromatic heterocycles. The Morgan fingerprint density at radius 1 is 1.48 bits per heavy atom. The van der Waals surface area contributed by atoms with Gasteiger partial charge in [-0.15, -0.1) is 0 Å². The molecule has 8 nitrogen and oxygen atoms in total. The van der Waals surface area contributed by atoms with Crippen LogP contribution < -0.4 is 21.6 Å². The largest absolute Gasteiger partial charge is 0.422 e. The number of piperidine rings is 2. The minimum absolute atomic E-state index is 0.157. The Kier molecular flexibility index (Phi) is 6.37. The molecular weight excluding hydrogens is 398 g/mol. The van der Waals surface area contributed by atoms with Gasteiger partial charge >= 0.3 is 5.63 Å². The summed E-state index contributed by atoms with van der Waals surface area (Å²) in [5, 5.41) is 22.3. The molecule has 3 unspecified atom stereocenters. The monoisotopic (exact) mass is 425 g/mol. The number of ether oxygens (including phenoxy) is 1. The molecule has 3 atom stereocenters. The maximum atomic E-state index is 12.7. The van der Waals surface area contributed by atoms with E-state index < -0.39 is 17.8 Å². The summed E-state index contributed by atoms with van der Waals surface area (Å²) in [5.41, 5.74) is 1.20. The Labute approximate surface area is 180 Å². The molecule has 0 aromatic carbocycles. The number of carbonyl (C=O) groups is 1. The first-order chi connectivity index (χ1) is 15.0. The summed E-state index contributed by atoms with van der Waals surface area (Å²) in [7, 11) is 0. The van der Waals surface area contributed by atoms with Gasteiger partial charge in [-0.05, 0) is 69.3 Å². The van der Waals surface area contributed by atoms with Crippen LogP contribution in [0.3, 0.4) is 0 Å². The number of hydrogen-bond acceptors (Lipinski definition) is 7. The van der Waals surface area contributed by atoms with Gasteiger partial charge in [0.2, 0.25) is 0 Å². The molecule has 8 heteroatoms. The van der Waals surface area contributed by atoms with Gasteiger partial charge in [0.15, 0.2) is 6.29 Å². The van der Waals surface area contributed by atoms with Crippen LogP contribution in [0.5, 0.6) is 0 Å². The number of hydrogen-bond donors (Lipinski definition) is 2. The standard InChI is InChI=1S/C23H27N3O5/c1-2-30-19(27)13-25-22(28)17(12-24)11-16-10-15-9-14-5-3-7-26-8-4-6-18(20(14)26)21(15)31-23(16)29/h9-11,14,19-20,27H,2-8,13H2,1H3,(H,25,28)/b17-11+. The van der Waals surface area contributed by atoms with E-state index in [1.54, 1.807) is 13.0 Å². The average Bonchev–Trinajstić information content (AvgIpc) is 2.77. The lowest BCUT2D eigenvalue weighted by molar-refractivity contribution is -0.122. The van der Waals surface area contributed by atoms with E-state index in [9.17, 15) is 20.0 Å². The maximum absolute atomic E-state index is 12.7. The van der Waals surface area contributed by atoms with Gasteiger partial charge in [0.25, 0.3) is 5.91 Å². The van der Waals surface area contributed by atoms with Crippen LogP contribution in [0.4, 0.5) is 0 Å². The Morgan fingerprint density at radius 2 is 2.29 bits per heavy atom. The van der Waals surface area contributed by atoms with E-state index in [4.69, 9.17) is 9.15 Å². The zero-order valence-electron chi connectivity index (χ0n) is 17.6. The van der Waals surface area contributed by atoms with E-state index in [2.05, 4.69) is 16.3 Å². The third-order valence-corrected chi connectivity index (χ3v) is 6.18. The Hall–Kier alpha value is -2.73. The fourth-order valence-electron chi connectivity index (χ4n) is 4.91. The number of nitrogens with zero attached hydrogens (tertiary/aromatic N) is 2. The highest BCUT2D eigenvalue weighted by Crippen LogP contribution is 2.36. The number of carbonyl (C=O) groups excluding carboxylic acids is 1. The fraction of sp³-hybridized carbons (Fsp3) is 0.522. The molecule has 31 heavy (non-hydrogen) atoms. The van der Waals surface area contributed by atoms with E-state index in [0.717, 1.165) is 44.0 Å². The van der Waals surface area contributed by atoms with Gasteiger partial charge in [-0.2, -0.15) is 5.26 Å². The molecular formula is C23H27N3O5. The first-order valence-corrected chi connectivity index (χ1v) is 10.8. The van der Waals surface area contributed by atoms with Crippen molar-refractivity contribution in [2.45, 2.75) is 44.9 Å². The van der Waals surface area contributed by atoms with Crippen molar-refractivity contribution in [3.05, 3.63) is 38.3 Å². The molecule has 164 valence electrons. The molecule has 1 amide bonds. The maximum Gasteiger partial charge on any atom is 0.343 e. The Balaban J connectivity index is 1.67. The molecule has 2 fully saturated rings. The van der Waals surface area contributed by atoms with Crippen LogP contribution in [-0.2, 0) is 9.53 Å². The van der Waals surface area contributed by atoms with E-state index in [1.807, 2.05) is 6.07 Å². The molecule has 0 bridgehead atoms. The topological polar surface area (TPSA) is 116 Å². The Morgan fingerprint density at radius 3 is 3.06 bits per heavy atom. The van der Waals surface area contributed by atoms with Gasteiger partial charge in [-0.25, -0.2) is 4.79 Å². The quantitative estimate of drug-likeness (QED) is 0.370. The second-order valence-electron chi connectivity index (χ2n) is 8.15. The number of nitrogens with one attached hydrogen (secondary N) is 1. The van der Waals surface area contributed by atoms with Crippen molar-refractivity contribution in [1.29, 1.82) is 5.26 Å². The molecule has 0 spiro atoms. The first kappa shape index (κ1) is 21.5. The molecule has 1 aromatic rings. The predicted molar refractivity (Wildman–Crippen MR) is 114 cm³/mol. The number of rotatable bonds is 6. The van der Waals surface area contributed by atoms with Crippen LogP contribution in [-0.4, -0.2) is 54.5 Å². The third-order valence-electron chi connectivity index (χ3n) is 6.18. The van der Waals surface area contributed by atoms with Crippen molar-refractivity contribution >= 4 is 23.6 Å². The molecule has 2 N–H and O–H groups in total. The van der Waals surface area contributed by atoms with Gasteiger partial charge in [0.05, 0.1) is 12.1 Å². The minimum Gasteiger partial charge on any atom is -0.422 e. The smallest absolute Gasteiger partial charge is 0.343 e. The van der Waals surface area contributed by atoms with E-state index in [1.165, 1.54) is 11.6 Å². The predicted octanol–water partition coefficient (Wildman–Crippen LogP) is -0.163. The second-order valence-corrected chi connectivity index (χ2v) is 8.15. The molecule has 1 aliphatic carbocycles. The van der Waals surface area contributed by atoms with Crippen molar-refractivity contribution in [2.75, 3.05) is 26.2 Å². The number of amides is 1. The average molecular weight is 425 g/mol. The van der Waals surface area contributed by atoms with Gasteiger partial charge in [-0.3, -0.25) is 9.69 Å². The fourth-order valence-corrected chi connectivity index (χ4v) is 4.91. The molecule has 2 saturated heterocycles. The lowest BCUT2D eigenvalue weighted by Crippen LogP contribution is -2.54. The van der Waals surface area contributed by atoms with Gasteiger partial charge in [-0.1, -0.05) is 6.08 Å². The highest BCUT2D eigenvalue weighted by atomic mass is 16.6. The van der Waals surface area contributed by atoms with Crippen molar-refractivity contribution < 1.29 is 19.1 Å². The zero-order valence-corrected chi connectivity index (χ0v) is 17.6. The lowest BCUT2D eigenvalue weighted by atomic mass is 9.77. The summed E-state index contributed by atoms with van der Waals surface area (Å²) in [5.74, 6) is -0.299. The highest BCUT2D eigenvalue weighted by molar-refractivity contribution is 6.01. The van der Waals surface area contributed by atoms with Crippen LogP contribution in [0.1, 0.15) is 38.2 Å². The van der Waals surface area contributed by atoms with Gasteiger partial charge < -0.3 is 19.6 Å². The van der Waals surface area contributed by atoms with Gasteiger partial charge in [0.1, 0.15) is 17.1 Å². The van der Waals surface area contributed by atoms with E-state index >= 15 is 0 Å². The number of aliphatic hydroxyl groups excluding tert-OH is 1. The first-order valence-electron chi connectivity index (χ1n) is 10.8. The zero-order chi connectivity index (χ0) is 22.0. The molecule has 0 radical (unpaired) electrons. The lowest BCUT2D eigenvalue weighted by Gasteiger charge is -2.45. The van der Waals surface area contributed by atoms with Crippen molar-refractivity contribution in [2.24, 2.45) is 5.92 Å². The molecule has 0 saturated carbocycles. The van der Waals surface area contributed by atoms with Crippen LogP contribution in [0, 0.1) is 17.2 Å². The van der Waals surface area contributed by atoms with Crippen molar-refractivity contribution in [3.63, 3.8) is 0 Å². The Bertz CT molecular complexity index is 1110. The summed E-state index contributed by atoms with van der Waals surface area (Å²) in [4.78, 5) is 27.5. The third kappa shape index (κ3) is 4.35. The van der Waals surface area contributed by atoms with Crippen LogP contribution in [0.25, 0.3) is 17.7 Å². The number of fused-ring (bicyclic) bond motifs is 1. The van der Waals surface area contributed by atoms with Crippen LogP contribution in [0.2, 0.25) is 0 Å². The SMILES string of the molecule is CCOC(O)CNC(=O)/C(C#N)=C/c1cc2c(oc1=O)=C1CCCN3CCCC(C=2)C13. The number of nitriles is 1. The van der Waals surface area contributed by atoms with E-state index in [0.29, 0.717) is 24.0 Å². The van der Waals surface area contributed by atoms with Crippen molar-refractivity contribution in [1.82, 2.24) is 10.2 Å². The summed E-state index contributed by atoms with van der Waals surface area (Å²) in [6, 6.07) is 3.85. The number of aliphatic hydroxyl groups is 1. The summed E-state index contributed by atoms with van der Waals surface area (Å²) < 4.78 is 10.7. The molecule has 2 aliphatic heterocycles. The molecule has 3 heterocycles. The van der Waals surface area contributed by atoms with Gasteiger partial charge in [0, 0.05) is 17.9 Å². The van der Waals surface area contributed by atoms with Crippen LogP contribution >= 0.6 is 0 Å². The summed E-state index contributed by atoms with van der Waals surface area (Å²) >= 11 is 0. The molecule has 3 aliphatic rings.